The second kappa shape index (κ2) is 5.67. The van der Waals surface area contributed by atoms with Crippen LogP contribution in [-0.4, -0.2) is 45.7 Å². The van der Waals surface area contributed by atoms with Crippen molar-refractivity contribution in [1.29, 1.82) is 0 Å². The number of amidine groups is 1. The van der Waals surface area contributed by atoms with Gasteiger partial charge in [-0.1, -0.05) is 11.6 Å². The first-order chi connectivity index (χ1) is 12.7. The quantitative estimate of drug-likeness (QED) is 0.696. The van der Waals surface area contributed by atoms with E-state index < -0.39 is 0 Å². The lowest BCUT2D eigenvalue weighted by molar-refractivity contribution is 0.0974. The molecule has 2 aliphatic heterocycles. The Morgan fingerprint density at radius 2 is 2.15 bits per heavy atom. The predicted octanol–water partition coefficient (Wildman–Crippen LogP) is 2.71. The fraction of sp³-hybridized carbons (Fsp3) is 0.111. The standard InChI is InChI=1S/C18H13ClN6O/c19-11-2-4-13-12(8-11)16-20-5-6-25(16)18(23-13)24-17(26)10-1-3-14-15(7-10)22-9-21-14/h1-4,7-9H,5-6H2,(H,21,22)(H,23,24,26). The number of rotatable bonds is 1. The number of H-pyrrole nitrogens is 1. The highest BCUT2D eigenvalue weighted by atomic mass is 35.5. The largest absolute Gasteiger partial charge is 0.345 e. The Hall–Kier alpha value is -3.19. The maximum atomic E-state index is 12.7. The number of fused-ring (bicyclic) bond motifs is 4. The van der Waals surface area contributed by atoms with E-state index in [1.54, 1.807) is 24.5 Å². The summed E-state index contributed by atoms with van der Waals surface area (Å²) in [5.41, 5.74) is 3.77. The molecule has 0 spiro atoms. The molecule has 3 heterocycles. The number of nitrogens with zero attached hydrogens (tertiary/aromatic N) is 4. The average molecular weight is 365 g/mol. The average Bonchev–Trinajstić information content (AvgIpc) is 3.31. The van der Waals surface area contributed by atoms with Gasteiger partial charge in [0.2, 0.25) is 5.96 Å². The highest BCUT2D eigenvalue weighted by Crippen LogP contribution is 2.30. The second-order valence-corrected chi connectivity index (χ2v) is 6.48. The minimum atomic E-state index is -0.239. The number of guanidine groups is 1. The number of benzene rings is 2. The first-order valence-electron chi connectivity index (χ1n) is 8.14. The lowest BCUT2D eigenvalue weighted by atomic mass is 10.1. The zero-order valence-electron chi connectivity index (χ0n) is 13.5. The molecule has 2 aromatic carbocycles. The van der Waals surface area contributed by atoms with Gasteiger partial charge in [0.1, 0.15) is 5.84 Å². The number of carbonyl (C=O) groups excluding carboxylic acids is 1. The van der Waals surface area contributed by atoms with Crippen molar-refractivity contribution in [1.82, 2.24) is 20.2 Å². The molecule has 0 unspecified atom stereocenters. The smallest absolute Gasteiger partial charge is 0.258 e. The molecule has 2 aliphatic rings. The fourth-order valence-electron chi connectivity index (χ4n) is 3.19. The number of hydrogen-bond donors (Lipinski definition) is 2. The van der Waals surface area contributed by atoms with Crippen LogP contribution >= 0.6 is 11.6 Å². The zero-order chi connectivity index (χ0) is 17.7. The number of aromatic amines is 1. The van der Waals surface area contributed by atoms with Crippen LogP contribution in [0.25, 0.3) is 11.0 Å². The normalized spacial score (nSPS) is 15.3. The molecular weight excluding hydrogens is 352 g/mol. The van der Waals surface area contributed by atoms with Gasteiger partial charge in [-0.15, -0.1) is 0 Å². The Morgan fingerprint density at radius 1 is 1.23 bits per heavy atom. The van der Waals surface area contributed by atoms with Crippen LogP contribution in [0.2, 0.25) is 5.02 Å². The van der Waals surface area contributed by atoms with Gasteiger partial charge in [-0.3, -0.25) is 20.0 Å². The fourth-order valence-corrected chi connectivity index (χ4v) is 3.36. The van der Waals surface area contributed by atoms with Crippen molar-refractivity contribution in [2.24, 2.45) is 9.98 Å². The van der Waals surface area contributed by atoms with E-state index in [1.165, 1.54) is 0 Å². The van der Waals surface area contributed by atoms with Crippen LogP contribution in [0, 0.1) is 0 Å². The Labute approximate surface area is 153 Å². The molecule has 0 saturated heterocycles. The van der Waals surface area contributed by atoms with Gasteiger partial charge in [-0.05, 0) is 36.4 Å². The molecule has 0 radical (unpaired) electrons. The maximum Gasteiger partial charge on any atom is 0.258 e. The number of nitrogens with one attached hydrogen (secondary N) is 2. The Kier molecular flexibility index (Phi) is 3.29. The molecule has 1 aromatic heterocycles. The summed E-state index contributed by atoms with van der Waals surface area (Å²) < 4.78 is 0. The van der Waals surface area contributed by atoms with Gasteiger partial charge in [0, 0.05) is 22.7 Å². The number of imidazole rings is 1. The van der Waals surface area contributed by atoms with E-state index in [0.717, 1.165) is 28.1 Å². The number of amides is 1. The minimum absolute atomic E-state index is 0.239. The number of halogens is 1. The van der Waals surface area contributed by atoms with E-state index in [4.69, 9.17) is 11.6 Å². The van der Waals surface area contributed by atoms with Crippen molar-refractivity contribution < 1.29 is 4.79 Å². The zero-order valence-corrected chi connectivity index (χ0v) is 14.3. The van der Waals surface area contributed by atoms with Crippen molar-refractivity contribution in [3.63, 3.8) is 0 Å². The van der Waals surface area contributed by atoms with Crippen LogP contribution in [0.3, 0.4) is 0 Å². The van der Waals surface area contributed by atoms with Gasteiger partial charge < -0.3 is 4.98 Å². The molecule has 2 N–H and O–H groups in total. The first kappa shape index (κ1) is 15.1. The second-order valence-electron chi connectivity index (χ2n) is 6.04. The number of hydrogen-bond acceptors (Lipinski definition) is 5. The molecule has 8 heteroatoms. The van der Waals surface area contributed by atoms with Crippen molar-refractivity contribution in [3.05, 3.63) is 58.9 Å². The lowest BCUT2D eigenvalue weighted by Crippen LogP contribution is -2.47. The van der Waals surface area contributed by atoms with E-state index in [2.05, 4.69) is 25.3 Å². The highest BCUT2D eigenvalue weighted by Gasteiger charge is 2.30. The summed E-state index contributed by atoms with van der Waals surface area (Å²) in [7, 11) is 0. The molecule has 0 fully saturated rings. The van der Waals surface area contributed by atoms with E-state index in [9.17, 15) is 4.79 Å². The van der Waals surface area contributed by atoms with Crippen molar-refractivity contribution in [2.75, 3.05) is 13.1 Å². The van der Waals surface area contributed by atoms with Gasteiger partial charge in [0.25, 0.3) is 5.91 Å². The monoisotopic (exact) mass is 364 g/mol. The number of aromatic nitrogens is 2. The molecule has 0 bridgehead atoms. The predicted molar refractivity (Wildman–Crippen MR) is 100 cm³/mol. The van der Waals surface area contributed by atoms with E-state index in [1.807, 2.05) is 23.1 Å². The molecule has 7 nitrogen and oxygen atoms in total. The first-order valence-corrected chi connectivity index (χ1v) is 8.52. The van der Waals surface area contributed by atoms with Gasteiger partial charge in [0.05, 0.1) is 29.6 Å². The summed E-state index contributed by atoms with van der Waals surface area (Å²) in [6, 6.07) is 10.8. The summed E-state index contributed by atoms with van der Waals surface area (Å²) in [5, 5.41) is 3.54. The highest BCUT2D eigenvalue weighted by molar-refractivity contribution is 6.31. The van der Waals surface area contributed by atoms with Gasteiger partial charge in [-0.25, -0.2) is 9.98 Å². The third-order valence-electron chi connectivity index (χ3n) is 4.43. The topological polar surface area (TPSA) is 85.7 Å². The van der Waals surface area contributed by atoms with Gasteiger partial charge in [-0.2, -0.15) is 0 Å². The number of carbonyl (C=O) groups is 1. The van der Waals surface area contributed by atoms with Gasteiger partial charge in [0.15, 0.2) is 0 Å². The van der Waals surface area contributed by atoms with E-state index >= 15 is 0 Å². The molecule has 128 valence electrons. The molecule has 1 amide bonds. The SMILES string of the molecule is O=C(NC1=Nc2ccc(Cl)cc2C2=NCCN12)c1ccc2[nH]cnc2c1. The summed E-state index contributed by atoms with van der Waals surface area (Å²) in [5.74, 6) is 1.02. The molecule has 3 aromatic rings. The lowest BCUT2D eigenvalue weighted by Gasteiger charge is -2.27. The number of aliphatic imine (C=N–C) groups is 2. The summed E-state index contributed by atoms with van der Waals surface area (Å²) in [4.78, 5) is 31.0. The third kappa shape index (κ3) is 2.36. The van der Waals surface area contributed by atoms with Crippen LogP contribution in [-0.2, 0) is 0 Å². The third-order valence-corrected chi connectivity index (χ3v) is 4.67. The summed E-state index contributed by atoms with van der Waals surface area (Å²) >= 11 is 6.11. The Morgan fingerprint density at radius 3 is 3.08 bits per heavy atom. The molecule has 5 rings (SSSR count). The van der Waals surface area contributed by atoms with Gasteiger partial charge >= 0.3 is 0 Å². The molecular formula is C18H13ClN6O. The van der Waals surface area contributed by atoms with Crippen LogP contribution in [0.1, 0.15) is 15.9 Å². The maximum absolute atomic E-state index is 12.7. The molecule has 0 saturated carbocycles. The van der Waals surface area contributed by atoms with Crippen LogP contribution in [0.5, 0.6) is 0 Å². The Balaban J connectivity index is 1.50. The van der Waals surface area contributed by atoms with Crippen LogP contribution in [0.15, 0.2) is 52.7 Å². The van der Waals surface area contributed by atoms with Crippen LogP contribution in [0.4, 0.5) is 5.69 Å². The van der Waals surface area contributed by atoms with E-state index in [-0.39, 0.29) is 5.91 Å². The summed E-state index contributed by atoms with van der Waals surface area (Å²) in [6.45, 7) is 1.31. The minimum Gasteiger partial charge on any atom is -0.345 e. The van der Waals surface area contributed by atoms with E-state index in [0.29, 0.717) is 29.6 Å². The van der Waals surface area contributed by atoms with Crippen molar-refractivity contribution >= 4 is 46.0 Å². The molecule has 0 atom stereocenters. The Bertz CT molecular complexity index is 1120. The van der Waals surface area contributed by atoms with Crippen molar-refractivity contribution in [3.8, 4) is 0 Å². The summed E-state index contributed by atoms with van der Waals surface area (Å²) in [6.07, 6.45) is 1.60. The molecule has 0 aliphatic carbocycles. The van der Waals surface area contributed by atoms with Crippen molar-refractivity contribution in [2.45, 2.75) is 0 Å². The molecule has 26 heavy (non-hydrogen) atoms. The van der Waals surface area contributed by atoms with Crippen LogP contribution < -0.4 is 5.32 Å².